The number of rotatable bonds is 59. The summed E-state index contributed by atoms with van der Waals surface area (Å²) in [5.74, 6) is -0.918. The van der Waals surface area contributed by atoms with Gasteiger partial charge in [-0.2, -0.15) is 0 Å². The molecule has 450 valence electrons. The molecule has 0 aliphatic carbocycles. The average Bonchev–Trinajstić information content (AvgIpc) is 3.45. The van der Waals surface area contributed by atoms with Crippen molar-refractivity contribution in [3.8, 4) is 0 Å². The summed E-state index contributed by atoms with van der Waals surface area (Å²) in [6, 6.07) is 0. The molecule has 0 aliphatic heterocycles. The molecule has 0 bridgehead atoms. The lowest BCUT2D eigenvalue weighted by atomic mass is 10.1. The second-order valence-corrected chi connectivity index (χ2v) is 21.6. The number of carbonyl (C=O) groups excluding carboxylic acids is 3. The predicted molar refractivity (Wildman–Crippen MR) is 343 cm³/mol. The Labute approximate surface area is 488 Å². The minimum absolute atomic E-state index is 0.0932. The molecule has 1 unspecified atom stereocenters. The van der Waals surface area contributed by atoms with Crippen molar-refractivity contribution in [3.05, 3.63) is 122 Å². The molecule has 0 saturated heterocycles. The average molecular weight is 1100 g/mol. The van der Waals surface area contributed by atoms with Gasteiger partial charge in [-0.15, -0.1) is 0 Å². The van der Waals surface area contributed by atoms with Crippen LogP contribution in [-0.4, -0.2) is 37.2 Å². The standard InChI is InChI=1S/C73H122O6/c1-4-7-10-13-16-19-22-25-28-31-33-35-36-38-39-42-45-48-51-54-57-60-63-66-72(75)78-69-70(68-77-71(74)65-62-59-56-53-50-47-44-41-30-27-24-21-18-15-12-9-6-3)79-73(76)67-64-61-58-55-52-49-46-43-40-37-34-32-29-26-23-20-17-14-11-8-5-2/h7,10,16,18-19,21,23,25-28,30,32-35,38-40,43,70H,4-6,8-9,11-15,17,20,22,24,29,31,36-37,41-42,44-69H2,1-3H3/b10-7-,19-16-,21-18-,26-23-,28-25-,30-27-,34-32-,35-33-,39-38-,43-40-. The molecule has 6 heteroatoms. The van der Waals surface area contributed by atoms with Crippen LogP contribution in [0.4, 0.5) is 0 Å². The third kappa shape index (κ3) is 64.5. The summed E-state index contributed by atoms with van der Waals surface area (Å²) in [5, 5.41) is 0. The third-order valence-electron chi connectivity index (χ3n) is 13.9. The van der Waals surface area contributed by atoms with Crippen LogP contribution in [0.3, 0.4) is 0 Å². The number of allylic oxidation sites excluding steroid dienone is 20. The molecular formula is C73H122O6. The van der Waals surface area contributed by atoms with Gasteiger partial charge in [0.15, 0.2) is 6.10 Å². The van der Waals surface area contributed by atoms with Gasteiger partial charge in [-0.3, -0.25) is 14.4 Å². The van der Waals surface area contributed by atoms with Crippen LogP contribution in [0.1, 0.15) is 303 Å². The van der Waals surface area contributed by atoms with Crippen molar-refractivity contribution in [2.45, 2.75) is 309 Å². The lowest BCUT2D eigenvalue weighted by molar-refractivity contribution is -0.167. The van der Waals surface area contributed by atoms with Crippen LogP contribution in [0.5, 0.6) is 0 Å². The van der Waals surface area contributed by atoms with Crippen LogP contribution < -0.4 is 0 Å². The molecule has 0 saturated carbocycles. The first-order valence-electron chi connectivity index (χ1n) is 33.0. The predicted octanol–water partition coefficient (Wildman–Crippen LogP) is 22.8. The topological polar surface area (TPSA) is 78.9 Å². The number of unbranched alkanes of at least 4 members (excludes halogenated alkanes) is 28. The highest BCUT2D eigenvalue weighted by molar-refractivity contribution is 5.71. The zero-order valence-corrected chi connectivity index (χ0v) is 51.6. The Morgan fingerprint density at radius 1 is 0.266 bits per heavy atom. The highest BCUT2D eigenvalue weighted by Gasteiger charge is 2.19. The van der Waals surface area contributed by atoms with Gasteiger partial charge in [0.2, 0.25) is 0 Å². The molecular weight excluding hydrogens is 973 g/mol. The fourth-order valence-electron chi connectivity index (χ4n) is 8.98. The van der Waals surface area contributed by atoms with Crippen LogP contribution in [0.25, 0.3) is 0 Å². The van der Waals surface area contributed by atoms with E-state index in [0.717, 1.165) is 135 Å². The Hall–Kier alpha value is -4.19. The maximum Gasteiger partial charge on any atom is 0.306 e. The van der Waals surface area contributed by atoms with Crippen LogP contribution in [0, 0.1) is 0 Å². The Bertz CT molecular complexity index is 1640. The molecule has 0 aromatic carbocycles. The summed E-state index contributed by atoms with van der Waals surface area (Å²) in [5.41, 5.74) is 0. The Morgan fingerprint density at radius 3 is 0.797 bits per heavy atom. The smallest absolute Gasteiger partial charge is 0.306 e. The van der Waals surface area contributed by atoms with Gasteiger partial charge in [0, 0.05) is 19.3 Å². The normalized spacial score (nSPS) is 12.9. The zero-order valence-electron chi connectivity index (χ0n) is 51.6. The van der Waals surface area contributed by atoms with Crippen LogP contribution in [0.15, 0.2) is 122 Å². The van der Waals surface area contributed by atoms with Crippen molar-refractivity contribution in [1.82, 2.24) is 0 Å². The van der Waals surface area contributed by atoms with E-state index in [1.807, 2.05) is 0 Å². The molecule has 0 aromatic heterocycles. The fourth-order valence-corrected chi connectivity index (χ4v) is 8.98. The van der Waals surface area contributed by atoms with E-state index in [4.69, 9.17) is 14.2 Å². The van der Waals surface area contributed by atoms with Gasteiger partial charge in [-0.25, -0.2) is 0 Å². The van der Waals surface area contributed by atoms with Crippen LogP contribution in [0.2, 0.25) is 0 Å². The number of esters is 3. The summed E-state index contributed by atoms with van der Waals surface area (Å²) >= 11 is 0. The maximum atomic E-state index is 12.9. The number of ether oxygens (including phenoxy) is 3. The first-order chi connectivity index (χ1) is 39.0. The van der Waals surface area contributed by atoms with Crippen molar-refractivity contribution >= 4 is 17.9 Å². The van der Waals surface area contributed by atoms with Crippen LogP contribution in [-0.2, 0) is 28.6 Å². The molecule has 0 rings (SSSR count). The van der Waals surface area contributed by atoms with Crippen molar-refractivity contribution < 1.29 is 28.6 Å². The minimum atomic E-state index is -0.799. The van der Waals surface area contributed by atoms with E-state index in [9.17, 15) is 14.4 Å². The van der Waals surface area contributed by atoms with Gasteiger partial charge in [0.1, 0.15) is 13.2 Å². The summed E-state index contributed by atoms with van der Waals surface area (Å²) in [6.07, 6.45) is 91.9. The van der Waals surface area contributed by atoms with Crippen molar-refractivity contribution in [2.75, 3.05) is 13.2 Å². The lowest BCUT2D eigenvalue weighted by Gasteiger charge is -2.18. The summed E-state index contributed by atoms with van der Waals surface area (Å²) in [4.78, 5) is 38.4. The highest BCUT2D eigenvalue weighted by atomic mass is 16.6. The fraction of sp³-hybridized carbons (Fsp3) is 0.685. The summed E-state index contributed by atoms with van der Waals surface area (Å²) < 4.78 is 16.9. The van der Waals surface area contributed by atoms with E-state index in [-0.39, 0.29) is 31.1 Å². The molecule has 79 heavy (non-hydrogen) atoms. The van der Waals surface area contributed by atoms with Crippen molar-refractivity contribution in [2.24, 2.45) is 0 Å². The summed E-state index contributed by atoms with van der Waals surface area (Å²) in [7, 11) is 0. The molecule has 0 N–H and O–H groups in total. The molecule has 0 radical (unpaired) electrons. The molecule has 0 aliphatic rings. The van der Waals surface area contributed by atoms with Gasteiger partial charge in [-0.1, -0.05) is 271 Å². The molecule has 6 nitrogen and oxygen atoms in total. The van der Waals surface area contributed by atoms with Gasteiger partial charge >= 0.3 is 17.9 Å². The molecule has 0 spiro atoms. The Balaban J connectivity index is 4.45. The van der Waals surface area contributed by atoms with E-state index in [0.29, 0.717) is 19.3 Å². The minimum Gasteiger partial charge on any atom is -0.462 e. The van der Waals surface area contributed by atoms with E-state index < -0.39 is 6.10 Å². The monoisotopic (exact) mass is 1090 g/mol. The Morgan fingerprint density at radius 2 is 0.494 bits per heavy atom. The van der Waals surface area contributed by atoms with E-state index >= 15 is 0 Å². The van der Waals surface area contributed by atoms with Gasteiger partial charge < -0.3 is 14.2 Å². The SMILES string of the molecule is CC/C=C\C/C=C\C/C=C\C/C=C\C/C=C\CCCCCCCCCC(=O)OCC(COC(=O)CCCCCCCCC/C=C\C/C=C\CCCCC)OC(=O)CCCCCCCC/C=C\C/C=C\C/C=C\CCCCCCC. The summed E-state index contributed by atoms with van der Waals surface area (Å²) in [6.45, 7) is 6.48. The lowest BCUT2D eigenvalue weighted by Crippen LogP contribution is -2.30. The molecule has 0 aromatic rings. The number of hydrogen-bond acceptors (Lipinski definition) is 6. The Kier molecular flexibility index (Phi) is 62.8. The van der Waals surface area contributed by atoms with Crippen molar-refractivity contribution in [1.29, 1.82) is 0 Å². The highest BCUT2D eigenvalue weighted by Crippen LogP contribution is 2.15. The van der Waals surface area contributed by atoms with E-state index in [1.165, 1.54) is 128 Å². The van der Waals surface area contributed by atoms with Crippen LogP contribution >= 0.6 is 0 Å². The van der Waals surface area contributed by atoms with Crippen molar-refractivity contribution in [3.63, 3.8) is 0 Å². The third-order valence-corrected chi connectivity index (χ3v) is 13.9. The second kappa shape index (κ2) is 66.3. The van der Waals surface area contributed by atoms with Gasteiger partial charge in [0.05, 0.1) is 0 Å². The number of carbonyl (C=O) groups is 3. The molecule has 1 atom stereocenters. The maximum absolute atomic E-state index is 12.9. The zero-order chi connectivity index (χ0) is 57.1. The first-order valence-corrected chi connectivity index (χ1v) is 33.0. The first kappa shape index (κ1) is 74.8. The van der Waals surface area contributed by atoms with Gasteiger partial charge in [0.25, 0.3) is 0 Å². The molecule has 0 fully saturated rings. The molecule has 0 amide bonds. The second-order valence-electron chi connectivity index (χ2n) is 21.6. The van der Waals surface area contributed by atoms with Gasteiger partial charge in [-0.05, 0) is 135 Å². The number of hydrogen-bond donors (Lipinski definition) is 0. The quantitative estimate of drug-likeness (QED) is 0.0261. The van der Waals surface area contributed by atoms with E-state index in [2.05, 4.69) is 142 Å². The molecule has 0 heterocycles. The van der Waals surface area contributed by atoms with E-state index in [1.54, 1.807) is 0 Å². The largest absolute Gasteiger partial charge is 0.462 e.